The van der Waals surface area contributed by atoms with E-state index in [-0.39, 0.29) is 40.2 Å². The van der Waals surface area contributed by atoms with E-state index in [1.54, 1.807) is 23.1 Å². The molecule has 6 heteroatoms. The maximum Gasteiger partial charge on any atom is 0.274 e. The molecule has 114 valence electrons. The van der Waals surface area contributed by atoms with Crippen LogP contribution < -0.4 is 0 Å². The molecule has 0 N–H and O–H groups in total. The number of amides is 1. The number of nitrogens with zero attached hydrogens (tertiary/aromatic N) is 2. The van der Waals surface area contributed by atoms with Crippen LogP contribution in [-0.4, -0.2) is 21.8 Å². The predicted molar refractivity (Wildman–Crippen MR) is 83.6 cm³/mol. The summed E-state index contributed by atoms with van der Waals surface area (Å²) in [6.07, 6.45) is 1.80. The summed E-state index contributed by atoms with van der Waals surface area (Å²) in [7, 11) is 0. The number of carbonyl (C=O) groups is 1. The third kappa shape index (κ3) is 3.23. The topological polar surface area (TPSA) is 33.2 Å². The average molecular weight is 339 g/mol. The van der Waals surface area contributed by atoms with Crippen LogP contribution in [0, 0.1) is 5.82 Å². The molecule has 0 saturated heterocycles. The smallest absolute Gasteiger partial charge is 0.274 e. The van der Waals surface area contributed by atoms with Gasteiger partial charge in [0, 0.05) is 18.2 Å². The lowest BCUT2D eigenvalue weighted by molar-refractivity contribution is 0.0722. The van der Waals surface area contributed by atoms with Gasteiger partial charge in [-0.1, -0.05) is 41.4 Å². The van der Waals surface area contributed by atoms with Crippen LogP contribution in [0.2, 0.25) is 10.2 Å². The average Bonchev–Trinajstić information content (AvgIpc) is 3.33. The number of pyridine rings is 1. The van der Waals surface area contributed by atoms with Gasteiger partial charge in [0.05, 0.1) is 5.02 Å². The molecular weight excluding hydrogens is 326 g/mol. The standard InChI is InChI=1S/C16H13Cl2FN2O/c17-12-7-8-14(18)20-15(12)16(22)21(11-5-6-11)9-10-3-1-2-4-13(10)19/h1-4,7-8,11H,5-6,9H2. The minimum absolute atomic E-state index is 0.101. The first-order valence-electron chi connectivity index (χ1n) is 6.92. The molecular formula is C16H13Cl2FN2O. The molecule has 0 atom stereocenters. The van der Waals surface area contributed by atoms with Crippen molar-refractivity contribution in [3.8, 4) is 0 Å². The molecule has 1 aromatic heterocycles. The zero-order valence-corrected chi connectivity index (χ0v) is 13.1. The fourth-order valence-electron chi connectivity index (χ4n) is 2.27. The van der Waals surface area contributed by atoms with Crippen LogP contribution in [0.1, 0.15) is 28.9 Å². The highest BCUT2D eigenvalue weighted by Crippen LogP contribution is 2.31. The van der Waals surface area contributed by atoms with Crippen molar-refractivity contribution in [2.75, 3.05) is 0 Å². The number of halogens is 3. The van der Waals surface area contributed by atoms with Crippen molar-refractivity contribution in [2.24, 2.45) is 0 Å². The lowest BCUT2D eigenvalue weighted by Gasteiger charge is -2.23. The van der Waals surface area contributed by atoms with Gasteiger partial charge in [-0.05, 0) is 31.0 Å². The summed E-state index contributed by atoms with van der Waals surface area (Å²) >= 11 is 11.9. The van der Waals surface area contributed by atoms with E-state index in [1.165, 1.54) is 18.2 Å². The maximum atomic E-state index is 13.8. The highest BCUT2D eigenvalue weighted by Gasteiger charge is 2.34. The molecule has 2 aromatic rings. The Bertz CT molecular complexity index is 719. The maximum absolute atomic E-state index is 13.8. The normalized spacial score (nSPS) is 14.0. The predicted octanol–water partition coefficient (Wildman–Crippen LogP) is 4.33. The zero-order chi connectivity index (χ0) is 15.7. The van der Waals surface area contributed by atoms with Gasteiger partial charge < -0.3 is 4.90 Å². The summed E-state index contributed by atoms with van der Waals surface area (Å²) in [5.41, 5.74) is 0.582. The van der Waals surface area contributed by atoms with E-state index in [2.05, 4.69) is 4.98 Å². The van der Waals surface area contributed by atoms with Gasteiger partial charge in [-0.2, -0.15) is 0 Å². The Balaban J connectivity index is 1.90. The number of hydrogen-bond acceptors (Lipinski definition) is 2. The second-order valence-electron chi connectivity index (χ2n) is 5.22. The summed E-state index contributed by atoms with van der Waals surface area (Å²) in [6.45, 7) is 0.195. The summed E-state index contributed by atoms with van der Waals surface area (Å²) in [5, 5.41) is 0.447. The van der Waals surface area contributed by atoms with E-state index in [0.29, 0.717) is 5.56 Å². The van der Waals surface area contributed by atoms with Crippen LogP contribution in [0.25, 0.3) is 0 Å². The van der Waals surface area contributed by atoms with E-state index in [4.69, 9.17) is 23.2 Å². The molecule has 1 aliphatic rings. The van der Waals surface area contributed by atoms with Crippen molar-refractivity contribution in [3.63, 3.8) is 0 Å². The Morgan fingerprint density at radius 1 is 1.23 bits per heavy atom. The van der Waals surface area contributed by atoms with Crippen molar-refractivity contribution < 1.29 is 9.18 Å². The first-order chi connectivity index (χ1) is 10.6. The molecule has 0 aliphatic heterocycles. The van der Waals surface area contributed by atoms with Gasteiger partial charge in [-0.3, -0.25) is 4.79 Å². The molecule has 3 rings (SSSR count). The number of benzene rings is 1. The lowest BCUT2D eigenvalue weighted by Crippen LogP contribution is -2.33. The SMILES string of the molecule is O=C(c1nc(Cl)ccc1Cl)N(Cc1ccccc1F)C1CC1. The molecule has 0 radical (unpaired) electrons. The second kappa shape index (κ2) is 6.23. The molecule has 0 bridgehead atoms. The molecule has 1 heterocycles. The van der Waals surface area contributed by atoms with Crippen molar-refractivity contribution in [3.05, 3.63) is 63.6 Å². The van der Waals surface area contributed by atoms with Crippen LogP contribution in [0.15, 0.2) is 36.4 Å². The molecule has 0 unspecified atom stereocenters. The van der Waals surface area contributed by atoms with E-state index in [1.807, 2.05) is 0 Å². The van der Waals surface area contributed by atoms with Gasteiger partial charge in [0.15, 0.2) is 0 Å². The van der Waals surface area contributed by atoms with Crippen LogP contribution in [0.5, 0.6) is 0 Å². The highest BCUT2D eigenvalue weighted by atomic mass is 35.5. The van der Waals surface area contributed by atoms with E-state index in [0.717, 1.165) is 12.8 Å². The summed E-state index contributed by atoms with van der Waals surface area (Å²) < 4.78 is 13.8. The van der Waals surface area contributed by atoms with Crippen LogP contribution >= 0.6 is 23.2 Å². The van der Waals surface area contributed by atoms with Gasteiger partial charge in [-0.25, -0.2) is 9.37 Å². The molecule has 1 amide bonds. The molecule has 3 nitrogen and oxygen atoms in total. The van der Waals surface area contributed by atoms with Crippen LogP contribution in [-0.2, 0) is 6.54 Å². The van der Waals surface area contributed by atoms with Crippen molar-refractivity contribution in [1.82, 2.24) is 9.88 Å². The number of aromatic nitrogens is 1. The number of hydrogen-bond donors (Lipinski definition) is 0. The van der Waals surface area contributed by atoms with Crippen LogP contribution in [0.4, 0.5) is 4.39 Å². The molecule has 0 spiro atoms. The minimum atomic E-state index is -0.328. The van der Waals surface area contributed by atoms with Gasteiger partial charge >= 0.3 is 0 Å². The largest absolute Gasteiger partial charge is 0.330 e. The van der Waals surface area contributed by atoms with E-state index >= 15 is 0 Å². The quantitative estimate of drug-likeness (QED) is 0.777. The minimum Gasteiger partial charge on any atom is -0.330 e. The Morgan fingerprint density at radius 2 is 1.95 bits per heavy atom. The number of rotatable bonds is 4. The van der Waals surface area contributed by atoms with E-state index < -0.39 is 0 Å². The second-order valence-corrected chi connectivity index (χ2v) is 6.01. The van der Waals surface area contributed by atoms with Gasteiger partial charge in [0.25, 0.3) is 5.91 Å². The van der Waals surface area contributed by atoms with Gasteiger partial charge in [0.1, 0.15) is 16.7 Å². The van der Waals surface area contributed by atoms with E-state index in [9.17, 15) is 9.18 Å². The molecule has 1 fully saturated rings. The van der Waals surface area contributed by atoms with Gasteiger partial charge in [-0.15, -0.1) is 0 Å². The third-order valence-electron chi connectivity index (χ3n) is 3.56. The third-order valence-corrected chi connectivity index (χ3v) is 4.08. The van der Waals surface area contributed by atoms with Gasteiger partial charge in [0.2, 0.25) is 0 Å². The fraction of sp³-hybridized carbons (Fsp3) is 0.250. The zero-order valence-electron chi connectivity index (χ0n) is 11.6. The molecule has 1 aliphatic carbocycles. The highest BCUT2D eigenvalue weighted by molar-refractivity contribution is 6.34. The lowest BCUT2D eigenvalue weighted by atomic mass is 10.2. The Kier molecular flexibility index (Phi) is 4.32. The summed E-state index contributed by atoms with van der Waals surface area (Å²) in [4.78, 5) is 18.3. The first-order valence-corrected chi connectivity index (χ1v) is 7.68. The first kappa shape index (κ1) is 15.3. The summed E-state index contributed by atoms with van der Waals surface area (Å²) in [6, 6.07) is 9.59. The van der Waals surface area contributed by atoms with Crippen molar-refractivity contribution in [1.29, 1.82) is 0 Å². The molecule has 1 aromatic carbocycles. The van der Waals surface area contributed by atoms with Crippen LogP contribution in [0.3, 0.4) is 0 Å². The molecule has 22 heavy (non-hydrogen) atoms. The van der Waals surface area contributed by atoms with Crippen molar-refractivity contribution in [2.45, 2.75) is 25.4 Å². The Hall–Kier alpha value is -1.65. The van der Waals surface area contributed by atoms with Crippen molar-refractivity contribution >= 4 is 29.1 Å². The Morgan fingerprint density at radius 3 is 2.64 bits per heavy atom. The fourth-order valence-corrected chi connectivity index (χ4v) is 2.60. The molecule has 1 saturated carbocycles. The Labute approximate surface area is 137 Å². The monoisotopic (exact) mass is 338 g/mol. The number of carbonyl (C=O) groups excluding carboxylic acids is 1. The summed E-state index contributed by atoms with van der Waals surface area (Å²) in [5.74, 6) is -0.649.